The van der Waals surface area contributed by atoms with Gasteiger partial charge in [0.15, 0.2) is 0 Å². The van der Waals surface area contributed by atoms with Crippen LogP contribution in [-0.2, 0) is 41.6 Å². The molecule has 9 heteroatoms. The van der Waals surface area contributed by atoms with Crippen molar-refractivity contribution in [3.8, 4) is 6.07 Å². The maximum Gasteiger partial charge on any atom is 2.00 e. The Labute approximate surface area is 201 Å². The monoisotopic (exact) mass is 511 g/mol. The van der Waals surface area contributed by atoms with Gasteiger partial charge >= 0.3 is 24.9 Å². The van der Waals surface area contributed by atoms with Gasteiger partial charge in [-0.25, -0.2) is 22.8 Å². The van der Waals surface area contributed by atoms with Crippen LogP contribution in [0.5, 0.6) is 0 Å². The van der Waals surface area contributed by atoms with Crippen molar-refractivity contribution < 1.29 is 40.3 Å². The van der Waals surface area contributed by atoms with Crippen LogP contribution in [0.1, 0.15) is 38.7 Å². The van der Waals surface area contributed by atoms with Gasteiger partial charge < -0.3 is 5.11 Å². The van der Waals surface area contributed by atoms with E-state index in [0.29, 0.717) is 12.8 Å². The molecule has 31 heavy (non-hydrogen) atoms. The van der Waals surface area contributed by atoms with Gasteiger partial charge in [0.25, 0.3) is 0 Å². The number of rotatable bonds is 13. The van der Waals surface area contributed by atoms with E-state index < -0.39 is 13.2 Å². The van der Waals surface area contributed by atoms with Crippen LogP contribution in [0, 0.1) is 16.7 Å². The molecule has 174 valence electrons. The molecule has 0 fully saturated rings. The van der Waals surface area contributed by atoms with Crippen molar-refractivity contribution in [3.63, 3.8) is 0 Å². The van der Waals surface area contributed by atoms with Crippen LogP contribution < -0.4 is 0 Å². The van der Waals surface area contributed by atoms with Crippen LogP contribution in [0.4, 0.5) is 0 Å². The molecule has 2 atom stereocenters. The Balaban J connectivity index is 0.00000110. The topological polar surface area (TPSA) is 88.8 Å². The first kappa shape index (κ1) is 30.1. The summed E-state index contributed by atoms with van der Waals surface area (Å²) in [5.74, 6) is 0. The van der Waals surface area contributed by atoms with Crippen LogP contribution in [0.3, 0.4) is 0 Å². The zero-order valence-electron chi connectivity index (χ0n) is 18.0. The van der Waals surface area contributed by atoms with Crippen LogP contribution in [0.15, 0.2) is 48.5 Å². The van der Waals surface area contributed by atoms with Crippen LogP contribution >= 0.6 is 19.4 Å². The first-order valence-electron chi connectivity index (χ1n) is 9.95. The van der Waals surface area contributed by atoms with Crippen molar-refractivity contribution in [3.05, 3.63) is 59.1 Å². The number of halogens is 1. The van der Waals surface area contributed by atoms with E-state index in [1.807, 2.05) is 68.4 Å². The summed E-state index contributed by atoms with van der Waals surface area (Å²) >= 11 is 5.46. The third kappa shape index (κ3) is 13.3. The molecule has 0 bridgehead atoms. The van der Waals surface area contributed by atoms with Crippen LogP contribution in [0.25, 0.3) is 0 Å². The van der Waals surface area contributed by atoms with E-state index in [1.54, 1.807) is 0 Å². The summed E-state index contributed by atoms with van der Waals surface area (Å²) in [4.78, 5) is 0. The predicted molar refractivity (Wildman–Crippen MR) is 119 cm³/mol. The van der Waals surface area contributed by atoms with Crippen LogP contribution in [-0.4, -0.2) is 31.5 Å². The fourth-order valence-corrected chi connectivity index (χ4v) is 3.70. The molecule has 2 rings (SSSR count). The Morgan fingerprint density at radius 3 is 2.35 bits per heavy atom. The maximum atomic E-state index is 12.7. The van der Waals surface area contributed by atoms with Crippen molar-refractivity contribution in [2.45, 2.75) is 39.5 Å². The molecule has 6 nitrogen and oxygen atoms in total. The van der Waals surface area contributed by atoms with Gasteiger partial charge in [-0.2, -0.15) is 41.2 Å². The number of hydrogen-bond donors (Lipinski definition) is 1. The number of hydrogen-bond acceptors (Lipinski definition) is 6. The van der Waals surface area contributed by atoms with Crippen molar-refractivity contribution in [2.75, 3.05) is 26.4 Å². The van der Waals surface area contributed by atoms with Gasteiger partial charge in [-0.15, -0.1) is 11.6 Å². The normalized spacial score (nSPS) is 14.3. The summed E-state index contributed by atoms with van der Waals surface area (Å²) in [5, 5.41) is 18.8. The molecule has 2 unspecified atom stereocenters. The van der Waals surface area contributed by atoms with Gasteiger partial charge in [0, 0.05) is 5.41 Å². The number of aliphatic hydroxyl groups is 1. The molecule has 2 aromatic carbocycles. The number of nitriles is 1. The average Bonchev–Trinajstić information content (AvgIpc) is 3.44. The van der Waals surface area contributed by atoms with Gasteiger partial charge in [0.05, 0.1) is 38.9 Å². The Morgan fingerprint density at radius 2 is 1.87 bits per heavy atom. The third-order valence-corrected chi connectivity index (χ3v) is 6.18. The second-order valence-corrected chi connectivity index (χ2v) is 9.22. The number of phosphoric ester groups is 1. The summed E-state index contributed by atoms with van der Waals surface area (Å²) < 4.78 is 28.6. The predicted octanol–water partition coefficient (Wildman–Crippen LogP) is 5.87. The standard InChI is InChI=1S/C17H27NO5P.C5H4Cl.Fe/c1-3-17(2,14-19)15-23-24(20,22-13-7-11-18)21-12-6-10-16-8-4-5-9-16;6-5-3-1-2-4-5;/h4-5,8-9,19H,3,6-7,10,12-15H2,1-2H3;1-4H;/q2*-1;+2. The molecule has 0 aliphatic rings. The summed E-state index contributed by atoms with van der Waals surface area (Å²) in [6, 6.07) is 17.4. The fraction of sp³-hybridized carbons (Fsp3) is 0.500. The Bertz CT molecular complexity index is 757. The van der Waals surface area contributed by atoms with E-state index in [4.69, 9.17) is 30.4 Å². The van der Waals surface area contributed by atoms with Crippen LogP contribution in [0.2, 0.25) is 5.02 Å². The number of phosphoric acid groups is 1. The first-order valence-corrected chi connectivity index (χ1v) is 11.8. The minimum Gasteiger partial charge on any atom is -0.396 e. The van der Waals surface area contributed by atoms with E-state index in [0.717, 1.165) is 11.4 Å². The van der Waals surface area contributed by atoms with Crippen molar-refractivity contribution in [2.24, 2.45) is 5.41 Å². The van der Waals surface area contributed by atoms with E-state index in [1.165, 1.54) is 5.56 Å². The molecule has 0 aromatic heterocycles. The quantitative estimate of drug-likeness (QED) is 0.156. The molecule has 0 aliphatic heterocycles. The SMILES string of the molecule is CCC(C)(CO)COP(=O)(OCCC#N)OCCCc1ccc[cH-]1.Clc1ccc[cH-]1.[Fe+2]. The van der Waals surface area contributed by atoms with E-state index in [-0.39, 0.29) is 49.9 Å². The van der Waals surface area contributed by atoms with Crippen molar-refractivity contribution in [1.29, 1.82) is 5.26 Å². The molecular weight excluding hydrogens is 481 g/mol. The van der Waals surface area contributed by atoms with E-state index >= 15 is 0 Å². The minimum absolute atomic E-state index is 0. The molecule has 0 saturated heterocycles. The van der Waals surface area contributed by atoms with Crippen molar-refractivity contribution >= 4 is 19.4 Å². The average molecular weight is 512 g/mol. The molecule has 0 saturated carbocycles. The smallest absolute Gasteiger partial charge is 0.396 e. The van der Waals surface area contributed by atoms with Crippen molar-refractivity contribution in [1.82, 2.24) is 0 Å². The number of aliphatic hydroxyl groups excluding tert-OH is 1. The van der Waals surface area contributed by atoms with Gasteiger partial charge in [-0.05, 0) is 19.3 Å². The van der Waals surface area contributed by atoms with Gasteiger partial charge in [0.1, 0.15) is 0 Å². The zero-order chi connectivity index (χ0) is 22.3. The number of nitrogens with zero attached hydrogens (tertiary/aromatic N) is 1. The molecule has 0 aliphatic carbocycles. The number of aryl methyl sites for hydroxylation is 1. The maximum absolute atomic E-state index is 12.7. The van der Waals surface area contributed by atoms with Gasteiger partial charge in [-0.1, -0.05) is 18.9 Å². The fourth-order valence-electron chi connectivity index (χ4n) is 2.19. The second kappa shape index (κ2) is 16.7. The Kier molecular flexibility index (Phi) is 16.2. The Morgan fingerprint density at radius 1 is 1.19 bits per heavy atom. The zero-order valence-corrected chi connectivity index (χ0v) is 20.7. The second-order valence-electron chi connectivity index (χ2n) is 7.12. The Hall–Kier alpha value is -0.931. The van der Waals surface area contributed by atoms with Gasteiger partial charge in [-0.3, -0.25) is 13.6 Å². The minimum atomic E-state index is -3.74. The summed E-state index contributed by atoms with van der Waals surface area (Å²) in [6.45, 7) is 3.95. The van der Waals surface area contributed by atoms with Gasteiger partial charge in [0.2, 0.25) is 0 Å². The summed E-state index contributed by atoms with van der Waals surface area (Å²) in [7, 11) is -3.74. The summed E-state index contributed by atoms with van der Waals surface area (Å²) in [5.41, 5.74) is 0.686. The largest absolute Gasteiger partial charge is 2.00 e. The molecular formula is C22H31ClFeNO5P. The molecule has 0 amide bonds. The molecule has 0 radical (unpaired) electrons. The molecule has 0 spiro atoms. The third-order valence-electron chi connectivity index (χ3n) is 4.48. The van der Waals surface area contributed by atoms with E-state index in [9.17, 15) is 9.67 Å². The first-order chi connectivity index (χ1) is 14.4. The molecule has 1 N–H and O–H groups in total. The summed E-state index contributed by atoms with van der Waals surface area (Å²) in [6.07, 6.45) is 2.27. The molecule has 2 aromatic rings. The van der Waals surface area contributed by atoms with E-state index in [2.05, 4.69) is 0 Å². The molecule has 0 heterocycles.